The lowest BCUT2D eigenvalue weighted by molar-refractivity contribution is -0.115. The lowest BCUT2D eigenvalue weighted by Crippen LogP contribution is -2.17. The number of fused-ring (bicyclic) bond motifs is 1. The van der Waals surface area contributed by atoms with Crippen LogP contribution in [0.25, 0.3) is 0 Å². The molecular formula is C16H17F2N3O2. The maximum Gasteiger partial charge on any atom is 0.387 e. The molecule has 7 heteroatoms. The van der Waals surface area contributed by atoms with Crippen LogP contribution in [0.2, 0.25) is 0 Å². The number of benzene rings is 1. The number of halogens is 2. The summed E-state index contributed by atoms with van der Waals surface area (Å²) in [5.74, 6) is 0.666. The van der Waals surface area contributed by atoms with Crippen molar-refractivity contribution in [3.05, 3.63) is 41.1 Å². The molecule has 0 unspecified atom stereocenters. The Balaban J connectivity index is 1.63. The molecule has 2 aromatic rings. The van der Waals surface area contributed by atoms with Crippen LogP contribution in [0.3, 0.4) is 0 Å². The van der Waals surface area contributed by atoms with Crippen molar-refractivity contribution in [3.63, 3.8) is 0 Å². The molecule has 23 heavy (non-hydrogen) atoms. The van der Waals surface area contributed by atoms with E-state index in [9.17, 15) is 13.6 Å². The zero-order chi connectivity index (χ0) is 16.4. The van der Waals surface area contributed by atoms with Gasteiger partial charge in [0.1, 0.15) is 11.6 Å². The quantitative estimate of drug-likeness (QED) is 0.921. The average Bonchev–Trinajstić information content (AvgIpc) is 3.04. The molecule has 3 rings (SSSR count). The van der Waals surface area contributed by atoms with Crippen LogP contribution in [0.1, 0.15) is 23.2 Å². The molecular weight excluding hydrogens is 304 g/mol. The van der Waals surface area contributed by atoms with Gasteiger partial charge < -0.3 is 10.1 Å². The van der Waals surface area contributed by atoms with Crippen LogP contribution in [-0.4, -0.2) is 22.3 Å². The largest absolute Gasteiger partial charge is 0.435 e. The average molecular weight is 321 g/mol. The van der Waals surface area contributed by atoms with Gasteiger partial charge in [0.15, 0.2) is 0 Å². The molecule has 0 aliphatic heterocycles. The van der Waals surface area contributed by atoms with Crippen LogP contribution in [0.4, 0.5) is 14.6 Å². The van der Waals surface area contributed by atoms with Crippen molar-refractivity contribution in [1.29, 1.82) is 0 Å². The molecule has 0 bridgehead atoms. The van der Waals surface area contributed by atoms with Crippen molar-refractivity contribution in [2.24, 2.45) is 7.05 Å². The molecule has 122 valence electrons. The first kappa shape index (κ1) is 15.5. The lowest BCUT2D eigenvalue weighted by Gasteiger charge is -2.08. The Hall–Kier alpha value is -2.44. The summed E-state index contributed by atoms with van der Waals surface area (Å²) < 4.78 is 30.2. The maximum absolute atomic E-state index is 12.2. The van der Waals surface area contributed by atoms with Crippen molar-refractivity contribution in [2.75, 3.05) is 5.32 Å². The molecule has 0 saturated carbocycles. The van der Waals surface area contributed by atoms with Crippen molar-refractivity contribution in [1.82, 2.24) is 9.78 Å². The molecule has 1 aliphatic rings. The Labute approximate surface area is 132 Å². The van der Waals surface area contributed by atoms with Gasteiger partial charge in [-0.1, -0.05) is 12.1 Å². The van der Waals surface area contributed by atoms with E-state index in [1.54, 1.807) is 16.8 Å². The number of hydrogen-bond donors (Lipinski definition) is 1. The fourth-order valence-corrected chi connectivity index (χ4v) is 2.83. The third-order valence-electron chi connectivity index (χ3n) is 3.84. The number of amides is 1. The van der Waals surface area contributed by atoms with E-state index >= 15 is 0 Å². The summed E-state index contributed by atoms with van der Waals surface area (Å²) >= 11 is 0. The predicted molar refractivity (Wildman–Crippen MR) is 80.6 cm³/mol. The number of aromatic nitrogens is 2. The van der Waals surface area contributed by atoms with E-state index in [-0.39, 0.29) is 18.1 Å². The number of ether oxygens (including phenoxy) is 1. The summed E-state index contributed by atoms with van der Waals surface area (Å²) in [5, 5.41) is 7.30. The number of nitrogens with one attached hydrogen (secondary N) is 1. The Morgan fingerprint density at radius 2 is 2.09 bits per heavy atom. The standard InChI is InChI=1S/C16H17F2N3O2/c1-21-15(12-3-2-4-13(12)20-21)19-14(22)9-10-5-7-11(8-6-10)23-16(17)18/h5-8,16H,2-4,9H2,1H3,(H,19,22). The summed E-state index contributed by atoms with van der Waals surface area (Å²) in [4.78, 5) is 12.2. The highest BCUT2D eigenvalue weighted by Gasteiger charge is 2.22. The Morgan fingerprint density at radius 1 is 1.35 bits per heavy atom. The van der Waals surface area contributed by atoms with Gasteiger partial charge in [0, 0.05) is 12.6 Å². The molecule has 0 saturated heterocycles. The summed E-state index contributed by atoms with van der Waals surface area (Å²) in [6.45, 7) is -2.85. The molecule has 1 aromatic heterocycles. The third kappa shape index (κ3) is 3.49. The molecule has 1 amide bonds. The second-order valence-corrected chi connectivity index (χ2v) is 5.50. The van der Waals surface area contributed by atoms with Crippen molar-refractivity contribution in [3.8, 4) is 5.75 Å². The summed E-state index contributed by atoms with van der Waals surface area (Å²) in [5.41, 5.74) is 2.89. The van der Waals surface area contributed by atoms with Crippen molar-refractivity contribution < 1.29 is 18.3 Å². The first-order chi connectivity index (χ1) is 11.0. The van der Waals surface area contributed by atoms with Crippen LogP contribution in [-0.2, 0) is 31.1 Å². The highest BCUT2D eigenvalue weighted by molar-refractivity contribution is 5.92. The predicted octanol–water partition coefficient (Wildman–Crippen LogP) is 2.69. The van der Waals surface area contributed by atoms with E-state index in [1.807, 2.05) is 7.05 Å². The van der Waals surface area contributed by atoms with Crippen LogP contribution in [0, 0.1) is 0 Å². The first-order valence-corrected chi connectivity index (χ1v) is 7.41. The third-order valence-corrected chi connectivity index (χ3v) is 3.84. The second kappa shape index (κ2) is 6.36. The van der Waals surface area contributed by atoms with Gasteiger partial charge in [-0.15, -0.1) is 0 Å². The number of alkyl halides is 2. The van der Waals surface area contributed by atoms with E-state index in [2.05, 4.69) is 15.2 Å². The van der Waals surface area contributed by atoms with Crippen LogP contribution in [0.5, 0.6) is 5.75 Å². The monoisotopic (exact) mass is 321 g/mol. The fraction of sp³-hybridized carbons (Fsp3) is 0.375. The molecule has 1 N–H and O–H groups in total. The smallest absolute Gasteiger partial charge is 0.387 e. The SMILES string of the molecule is Cn1nc2c(c1NC(=O)Cc1ccc(OC(F)F)cc1)CCC2. The number of nitrogens with zero attached hydrogens (tertiary/aromatic N) is 2. The van der Waals surface area contributed by atoms with Gasteiger partial charge in [-0.05, 0) is 37.0 Å². The lowest BCUT2D eigenvalue weighted by atomic mass is 10.1. The highest BCUT2D eigenvalue weighted by atomic mass is 19.3. The second-order valence-electron chi connectivity index (χ2n) is 5.50. The van der Waals surface area contributed by atoms with Gasteiger partial charge in [-0.3, -0.25) is 9.48 Å². The first-order valence-electron chi connectivity index (χ1n) is 7.41. The van der Waals surface area contributed by atoms with E-state index in [1.165, 1.54) is 12.1 Å². The minimum atomic E-state index is -2.85. The molecule has 0 fully saturated rings. The number of rotatable bonds is 5. The van der Waals surface area contributed by atoms with Gasteiger partial charge in [0.2, 0.25) is 5.91 Å². The number of hydrogen-bond acceptors (Lipinski definition) is 3. The summed E-state index contributed by atoms with van der Waals surface area (Å²) in [7, 11) is 1.81. The van der Waals surface area contributed by atoms with Gasteiger partial charge >= 0.3 is 6.61 Å². The molecule has 0 radical (unpaired) electrons. The zero-order valence-electron chi connectivity index (χ0n) is 12.7. The minimum Gasteiger partial charge on any atom is -0.435 e. The molecule has 0 atom stereocenters. The molecule has 1 heterocycles. The summed E-state index contributed by atoms with van der Waals surface area (Å²) in [6.07, 6.45) is 3.10. The Kier molecular flexibility index (Phi) is 4.27. The van der Waals surface area contributed by atoms with Crippen LogP contribution >= 0.6 is 0 Å². The van der Waals surface area contributed by atoms with Gasteiger partial charge in [-0.25, -0.2) is 0 Å². The molecule has 1 aliphatic carbocycles. The number of aryl methyl sites for hydroxylation is 2. The molecule has 5 nitrogen and oxygen atoms in total. The fourth-order valence-electron chi connectivity index (χ4n) is 2.83. The van der Waals surface area contributed by atoms with E-state index in [4.69, 9.17) is 0 Å². The zero-order valence-corrected chi connectivity index (χ0v) is 12.7. The number of carbonyl (C=O) groups excluding carboxylic acids is 1. The van der Waals surface area contributed by atoms with Crippen LogP contribution in [0.15, 0.2) is 24.3 Å². The van der Waals surface area contributed by atoms with Crippen molar-refractivity contribution in [2.45, 2.75) is 32.3 Å². The summed E-state index contributed by atoms with van der Waals surface area (Å²) in [6, 6.07) is 6.06. The highest BCUT2D eigenvalue weighted by Crippen LogP contribution is 2.28. The van der Waals surface area contributed by atoms with Gasteiger partial charge in [-0.2, -0.15) is 13.9 Å². The van der Waals surface area contributed by atoms with E-state index in [0.29, 0.717) is 0 Å². The van der Waals surface area contributed by atoms with E-state index < -0.39 is 6.61 Å². The van der Waals surface area contributed by atoms with Crippen LogP contribution < -0.4 is 10.1 Å². The topological polar surface area (TPSA) is 56.2 Å². The Bertz CT molecular complexity index is 711. The van der Waals surface area contributed by atoms with Gasteiger partial charge in [0.25, 0.3) is 0 Å². The van der Waals surface area contributed by atoms with Gasteiger partial charge in [0.05, 0.1) is 12.1 Å². The number of anilines is 1. The Morgan fingerprint density at radius 3 is 2.78 bits per heavy atom. The molecule has 1 aromatic carbocycles. The normalized spacial score (nSPS) is 13.2. The minimum absolute atomic E-state index is 0.0774. The van der Waals surface area contributed by atoms with E-state index in [0.717, 1.165) is 41.9 Å². The number of carbonyl (C=O) groups is 1. The maximum atomic E-state index is 12.2. The van der Waals surface area contributed by atoms with Crippen molar-refractivity contribution >= 4 is 11.7 Å². The molecule has 0 spiro atoms.